The molecule has 1 aromatic carbocycles. The minimum Gasteiger partial charge on any atom is -0.508 e. The molecule has 6 heteroatoms. The number of rotatable bonds is 2. The van der Waals surface area contributed by atoms with Crippen LogP contribution in [0.5, 0.6) is 5.75 Å². The van der Waals surface area contributed by atoms with E-state index >= 15 is 0 Å². The third kappa shape index (κ3) is 2.32. The highest BCUT2D eigenvalue weighted by atomic mass is 16.7. The lowest BCUT2D eigenvalue weighted by Gasteiger charge is -2.31. The summed E-state index contributed by atoms with van der Waals surface area (Å²) in [6, 6.07) is 6.48. The Morgan fingerprint density at radius 1 is 1.12 bits per heavy atom. The number of fused-ring (bicyclic) bond motifs is 1. The van der Waals surface area contributed by atoms with Crippen LogP contribution in [-0.4, -0.2) is 46.1 Å². The molecule has 3 fully saturated rings. The number of phenolic OH excluding ortho intramolecular Hbond substituents is 1. The van der Waals surface area contributed by atoms with Crippen LogP contribution in [0.15, 0.2) is 24.3 Å². The van der Waals surface area contributed by atoms with Gasteiger partial charge >= 0.3 is 0 Å². The predicted molar refractivity (Wildman–Crippen MR) is 85.7 cm³/mol. The standard InChI is InChI=1S/C18H22N2O4/c1-19-15(11-6-5-9-13(21)10-11)14-16(24-19)18(23)20(17(14)22)12-7-3-2-4-8-12/h5-6,9-10,12,14-16,21H,2-4,7-8H2,1H3. The van der Waals surface area contributed by atoms with Crippen molar-refractivity contribution < 1.29 is 19.5 Å². The van der Waals surface area contributed by atoms with Crippen LogP contribution in [0.3, 0.4) is 0 Å². The van der Waals surface area contributed by atoms with Crippen LogP contribution in [0.2, 0.25) is 0 Å². The van der Waals surface area contributed by atoms with Crippen LogP contribution in [0.4, 0.5) is 0 Å². The summed E-state index contributed by atoms with van der Waals surface area (Å²) in [4.78, 5) is 33.0. The highest BCUT2D eigenvalue weighted by Gasteiger charge is 2.59. The quantitative estimate of drug-likeness (QED) is 0.840. The molecule has 1 N–H and O–H groups in total. The van der Waals surface area contributed by atoms with Crippen molar-refractivity contribution in [2.75, 3.05) is 7.05 Å². The molecule has 0 bridgehead atoms. The van der Waals surface area contributed by atoms with E-state index in [0.29, 0.717) is 0 Å². The molecular formula is C18H22N2O4. The first-order valence-electron chi connectivity index (χ1n) is 8.63. The van der Waals surface area contributed by atoms with Gasteiger partial charge in [-0.25, -0.2) is 0 Å². The van der Waals surface area contributed by atoms with Gasteiger partial charge < -0.3 is 5.11 Å². The van der Waals surface area contributed by atoms with Gasteiger partial charge in [-0.3, -0.25) is 19.3 Å². The molecule has 128 valence electrons. The minimum atomic E-state index is -0.739. The highest BCUT2D eigenvalue weighted by Crippen LogP contribution is 2.45. The Morgan fingerprint density at radius 3 is 2.58 bits per heavy atom. The van der Waals surface area contributed by atoms with Gasteiger partial charge in [0.15, 0.2) is 6.10 Å². The Morgan fingerprint density at radius 2 is 1.88 bits per heavy atom. The van der Waals surface area contributed by atoms with E-state index in [-0.39, 0.29) is 29.6 Å². The summed E-state index contributed by atoms with van der Waals surface area (Å²) in [6.45, 7) is 0. The lowest BCUT2D eigenvalue weighted by Crippen LogP contribution is -2.44. The normalized spacial score (nSPS) is 31.7. The second-order valence-electron chi connectivity index (χ2n) is 6.98. The Bertz CT molecular complexity index is 671. The fraction of sp³-hybridized carbons (Fsp3) is 0.556. The number of benzene rings is 1. The summed E-state index contributed by atoms with van der Waals surface area (Å²) in [6.07, 6.45) is 4.34. The molecule has 3 aliphatic rings. The van der Waals surface area contributed by atoms with Crippen molar-refractivity contribution in [2.24, 2.45) is 5.92 Å². The molecule has 3 atom stereocenters. The molecule has 0 aromatic heterocycles. The van der Waals surface area contributed by atoms with Crippen LogP contribution >= 0.6 is 0 Å². The van der Waals surface area contributed by atoms with E-state index in [1.807, 2.05) is 6.07 Å². The monoisotopic (exact) mass is 330 g/mol. The zero-order valence-electron chi connectivity index (χ0n) is 13.7. The number of imide groups is 1. The number of hydrogen-bond donors (Lipinski definition) is 1. The first-order valence-corrected chi connectivity index (χ1v) is 8.63. The van der Waals surface area contributed by atoms with Crippen LogP contribution in [0.1, 0.15) is 43.7 Å². The predicted octanol–water partition coefficient (Wildman–Crippen LogP) is 2.00. The number of amides is 2. The zero-order valence-corrected chi connectivity index (χ0v) is 13.7. The Kier molecular flexibility index (Phi) is 3.81. The molecule has 2 heterocycles. The van der Waals surface area contributed by atoms with E-state index in [2.05, 4.69) is 0 Å². The average molecular weight is 330 g/mol. The van der Waals surface area contributed by atoms with Crippen molar-refractivity contribution in [1.29, 1.82) is 0 Å². The van der Waals surface area contributed by atoms with Crippen LogP contribution in [-0.2, 0) is 14.4 Å². The molecule has 2 amide bonds. The number of aromatic hydroxyl groups is 1. The van der Waals surface area contributed by atoms with Crippen molar-refractivity contribution >= 4 is 11.8 Å². The lowest BCUT2D eigenvalue weighted by atomic mass is 9.90. The van der Waals surface area contributed by atoms with Gasteiger partial charge in [-0.2, -0.15) is 5.06 Å². The molecule has 4 rings (SSSR count). The minimum absolute atomic E-state index is 0.0167. The zero-order chi connectivity index (χ0) is 16.8. The Hall–Kier alpha value is -1.92. The van der Waals surface area contributed by atoms with E-state index < -0.39 is 12.0 Å². The summed E-state index contributed by atoms with van der Waals surface area (Å²) in [5, 5.41) is 11.3. The second kappa shape index (κ2) is 5.86. The van der Waals surface area contributed by atoms with E-state index in [4.69, 9.17) is 4.84 Å². The fourth-order valence-electron chi connectivity index (χ4n) is 4.40. The van der Waals surface area contributed by atoms with E-state index in [1.54, 1.807) is 30.3 Å². The van der Waals surface area contributed by atoms with Gasteiger partial charge in [-0.1, -0.05) is 31.4 Å². The molecule has 6 nitrogen and oxygen atoms in total. The molecule has 2 aliphatic heterocycles. The summed E-state index contributed by atoms with van der Waals surface area (Å²) in [5.41, 5.74) is 0.789. The third-order valence-electron chi connectivity index (χ3n) is 5.49. The van der Waals surface area contributed by atoms with Crippen molar-refractivity contribution in [3.63, 3.8) is 0 Å². The van der Waals surface area contributed by atoms with Gasteiger partial charge in [0.2, 0.25) is 5.91 Å². The molecular weight excluding hydrogens is 308 g/mol. The second-order valence-corrected chi connectivity index (χ2v) is 6.98. The number of nitrogens with zero attached hydrogens (tertiary/aromatic N) is 2. The van der Waals surface area contributed by atoms with Gasteiger partial charge in [-0.05, 0) is 30.5 Å². The summed E-state index contributed by atoms with van der Waals surface area (Å²) < 4.78 is 0. The molecule has 2 saturated heterocycles. The Balaban J connectivity index is 1.65. The maximum atomic E-state index is 13.0. The lowest BCUT2D eigenvalue weighted by molar-refractivity contribution is -0.172. The molecule has 3 unspecified atom stereocenters. The molecule has 1 aliphatic carbocycles. The van der Waals surface area contributed by atoms with E-state index in [1.165, 1.54) is 11.3 Å². The van der Waals surface area contributed by atoms with Crippen LogP contribution < -0.4 is 0 Å². The first-order chi connectivity index (χ1) is 11.6. The topological polar surface area (TPSA) is 70.1 Å². The number of hydrogen-bond acceptors (Lipinski definition) is 5. The van der Waals surface area contributed by atoms with Crippen LogP contribution in [0.25, 0.3) is 0 Å². The van der Waals surface area contributed by atoms with Crippen LogP contribution in [0, 0.1) is 5.92 Å². The SMILES string of the molecule is CN1OC2C(=O)N(C3CCCCC3)C(=O)C2C1c1cccc(O)c1. The highest BCUT2D eigenvalue weighted by molar-refractivity contribution is 6.07. The number of phenols is 1. The van der Waals surface area contributed by atoms with Gasteiger partial charge in [0.1, 0.15) is 5.75 Å². The molecule has 0 radical (unpaired) electrons. The third-order valence-corrected chi connectivity index (χ3v) is 5.49. The molecule has 0 spiro atoms. The average Bonchev–Trinajstić information content (AvgIpc) is 3.03. The summed E-state index contributed by atoms with van der Waals surface area (Å²) >= 11 is 0. The van der Waals surface area contributed by atoms with Crippen molar-refractivity contribution in [1.82, 2.24) is 9.96 Å². The van der Waals surface area contributed by atoms with Gasteiger partial charge in [0, 0.05) is 13.1 Å². The smallest absolute Gasteiger partial charge is 0.261 e. The summed E-state index contributed by atoms with van der Waals surface area (Å²) in [5.74, 6) is -0.725. The van der Waals surface area contributed by atoms with E-state index in [9.17, 15) is 14.7 Å². The van der Waals surface area contributed by atoms with Crippen molar-refractivity contribution in [3.8, 4) is 5.75 Å². The maximum absolute atomic E-state index is 13.0. The summed E-state index contributed by atoms with van der Waals surface area (Å²) in [7, 11) is 1.73. The first kappa shape index (κ1) is 15.6. The number of likely N-dealkylation sites (tertiary alicyclic amines) is 1. The molecule has 1 saturated carbocycles. The van der Waals surface area contributed by atoms with Gasteiger partial charge in [0.25, 0.3) is 5.91 Å². The fourth-order valence-corrected chi connectivity index (χ4v) is 4.40. The van der Waals surface area contributed by atoms with E-state index in [0.717, 1.165) is 31.2 Å². The van der Waals surface area contributed by atoms with Gasteiger partial charge in [-0.15, -0.1) is 0 Å². The number of hydroxylamine groups is 2. The largest absolute Gasteiger partial charge is 0.508 e. The van der Waals surface area contributed by atoms with Crippen molar-refractivity contribution in [3.05, 3.63) is 29.8 Å². The van der Waals surface area contributed by atoms with Crippen molar-refractivity contribution in [2.45, 2.75) is 50.3 Å². The molecule has 1 aromatic rings. The number of carbonyl (C=O) groups excluding carboxylic acids is 2. The molecule has 24 heavy (non-hydrogen) atoms. The maximum Gasteiger partial charge on any atom is 0.261 e. The van der Waals surface area contributed by atoms with Gasteiger partial charge in [0.05, 0.1) is 12.0 Å². The number of carbonyl (C=O) groups is 2. The Labute approximate surface area is 140 Å².